The second-order valence-electron chi connectivity index (χ2n) is 7.84. The normalized spacial score (nSPS) is 23.4. The molecule has 0 aliphatic carbocycles. The van der Waals surface area contributed by atoms with Gasteiger partial charge in [-0.3, -0.25) is 0 Å². The highest BCUT2D eigenvalue weighted by atomic mass is 16.3. The second kappa shape index (κ2) is 10.2. The predicted molar refractivity (Wildman–Crippen MR) is 115 cm³/mol. The lowest BCUT2D eigenvalue weighted by Crippen LogP contribution is -3.17. The monoisotopic (exact) mass is 395 g/mol. The van der Waals surface area contributed by atoms with Crippen LogP contribution in [-0.2, 0) is 0 Å². The van der Waals surface area contributed by atoms with Gasteiger partial charge in [-0.2, -0.15) is 5.10 Å². The molecule has 1 fully saturated rings. The topological polar surface area (TPSA) is 92.1 Å². The first kappa shape index (κ1) is 21.0. The minimum Gasteiger partial charge on any atom is -0.388 e. The van der Waals surface area contributed by atoms with Gasteiger partial charge < -0.3 is 15.7 Å². The molecule has 1 heterocycles. The Labute approximate surface area is 172 Å². The molecule has 5 N–H and O–H groups in total. The van der Waals surface area contributed by atoms with E-state index < -0.39 is 12.1 Å². The van der Waals surface area contributed by atoms with Crippen molar-refractivity contribution in [2.75, 3.05) is 7.05 Å². The Morgan fingerprint density at radius 3 is 2.41 bits per heavy atom. The third-order valence-electron chi connectivity index (χ3n) is 5.93. The Hall–Kier alpha value is -2.70. The van der Waals surface area contributed by atoms with E-state index in [0.717, 1.165) is 48.9 Å². The first-order valence-electron chi connectivity index (χ1n) is 10.3. The summed E-state index contributed by atoms with van der Waals surface area (Å²) in [7, 11) is 2.20. The van der Waals surface area contributed by atoms with Crippen LogP contribution in [0, 0.1) is 0 Å². The summed E-state index contributed by atoms with van der Waals surface area (Å²) in [6.45, 7) is 0. The van der Waals surface area contributed by atoms with Gasteiger partial charge in [0, 0.05) is 12.8 Å². The van der Waals surface area contributed by atoms with Crippen molar-refractivity contribution in [1.29, 1.82) is 0 Å². The van der Waals surface area contributed by atoms with E-state index in [1.54, 1.807) is 0 Å². The highest BCUT2D eigenvalue weighted by Gasteiger charge is 2.34. The molecule has 2 aromatic rings. The number of hydrogen-bond acceptors (Lipinski definition) is 3. The smallest absolute Gasteiger partial charge is 0.332 e. The summed E-state index contributed by atoms with van der Waals surface area (Å²) in [5.41, 5.74) is 10.4. The molecule has 0 radical (unpaired) electrons. The maximum Gasteiger partial charge on any atom is 0.332 e. The summed E-state index contributed by atoms with van der Waals surface area (Å²) in [6, 6.07) is 19.8. The average molecular weight is 396 g/mol. The lowest BCUT2D eigenvalue weighted by atomic mass is 9.88. The van der Waals surface area contributed by atoms with Crippen LogP contribution in [0.4, 0.5) is 4.79 Å². The summed E-state index contributed by atoms with van der Waals surface area (Å²) in [4.78, 5) is 12.6. The maximum absolute atomic E-state index is 11.2. The molecule has 29 heavy (non-hydrogen) atoms. The molecule has 2 aromatic carbocycles. The lowest BCUT2D eigenvalue weighted by Gasteiger charge is -2.37. The van der Waals surface area contributed by atoms with Crippen molar-refractivity contribution < 1.29 is 14.8 Å². The van der Waals surface area contributed by atoms with Crippen molar-refractivity contribution in [3.8, 4) is 0 Å². The van der Waals surface area contributed by atoms with Crippen molar-refractivity contribution in [2.45, 2.75) is 50.3 Å². The van der Waals surface area contributed by atoms with Crippen LogP contribution in [0.2, 0.25) is 0 Å². The fourth-order valence-corrected chi connectivity index (χ4v) is 4.26. The van der Waals surface area contributed by atoms with Gasteiger partial charge in [0.15, 0.2) is 0 Å². The van der Waals surface area contributed by atoms with Crippen molar-refractivity contribution in [3.05, 3.63) is 71.8 Å². The molecule has 2 amide bonds. The number of aliphatic hydroxyl groups excluding tert-OH is 1. The first-order valence-corrected chi connectivity index (χ1v) is 10.3. The van der Waals surface area contributed by atoms with E-state index in [1.165, 1.54) is 4.90 Å². The van der Waals surface area contributed by atoms with Crippen LogP contribution in [0.1, 0.15) is 49.3 Å². The van der Waals surface area contributed by atoms with Gasteiger partial charge in [-0.05, 0) is 30.4 Å². The van der Waals surface area contributed by atoms with E-state index in [9.17, 15) is 9.90 Å². The largest absolute Gasteiger partial charge is 0.388 e. The number of primary amides is 1. The molecule has 154 valence electrons. The number of quaternary nitrogens is 1. The van der Waals surface area contributed by atoms with Crippen LogP contribution in [-0.4, -0.2) is 36.0 Å². The van der Waals surface area contributed by atoms with Crippen LogP contribution in [0.5, 0.6) is 0 Å². The summed E-state index contributed by atoms with van der Waals surface area (Å²) in [6.07, 6.45) is 4.35. The molecule has 0 spiro atoms. The summed E-state index contributed by atoms with van der Waals surface area (Å²) in [5, 5.41) is 15.0. The number of nitrogens with two attached hydrogens (primary N) is 1. The standard InChI is InChI=1S/C23H30N4O2/c1-27-19(15-21(25-26-23(24)29)17-9-4-2-5-10-17)13-8-14-20(27)16-22(28)18-11-6-3-7-12-18/h2-7,9-12,19-20,22,28H,8,13-16H2,1H3,(H3,24,26,29)/p+1/b25-21-/t19-,20+,22+/m1/s1. The molecule has 3 rings (SSSR count). The van der Waals surface area contributed by atoms with Crippen LogP contribution < -0.4 is 16.1 Å². The van der Waals surface area contributed by atoms with Crippen LogP contribution in [0.3, 0.4) is 0 Å². The van der Waals surface area contributed by atoms with E-state index >= 15 is 0 Å². The van der Waals surface area contributed by atoms with Gasteiger partial charge in [0.2, 0.25) is 0 Å². The lowest BCUT2D eigenvalue weighted by molar-refractivity contribution is -0.936. The number of nitrogens with zero attached hydrogens (tertiary/aromatic N) is 1. The molecule has 4 atom stereocenters. The number of carbonyl (C=O) groups excluding carboxylic acids is 1. The molecule has 6 nitrogen and oxygen atoms in total. The molecule has 0 bridgehead atoms. The molecule has 0 aromatic heterocycles. The summed E-state index contributed by atoms with van der Waals surface area (Å²) < 4.78 is 0. The fourth-order valence-electron chi connectivity index (χ4n) is 4.26. The molecule has 1 unspecified atom stereocenters. The molecule has 1 aliphatic heterocycles. The number of amides is 2. The molecule has 1 saturated heterocycles. The highest BCUT2D eigenvalue weighted by Crippen LogP contribution is 2.22. The molecular weight excluding hydrogens is 364 g/mol. The van der Waals surface area contributed by atoms with Crippen molar-refractivity contribution in [3.63, 3.8) is 0 Å². The number of benzene rings is 2. The zero-order valence-electron chi connectivity index (χ0n) is 16.9. The quantitative estimate of drug-likeness (QED) is 0.427. The third-order valence-corrected chi connectivity index (χ3v) is 5.93. The van der Waals surface area contributed by atoms with Crippen molar-refractivity contribution in [1.82, 2.24) is 5.43 Å². The predicted octanol–water partition coefficient (Wildman–Crippen LogP) is 2.01. The Morgan fingerprint density at radius 1 is 1.14 bits per heavy atom. The van der Waals surface area contributed by atoms with Gasteiger partial charge >= 0.3 is 6.03 Å². The number of likely N-dealkylation sites (tertiary alicyclic amines) is 1. The number of rotatable bonds is 7. The number of urea groups is 1. The van der Waals surface area contributed by atoms with Gasteiger partial charge in [0.05, 0.1) is 30.9 Å². The summed E-state index contributed by atoms with van der Waals surface area (Å²) >= 11 is 0. The SMILES string of the molecule is C[NH+]1[C@@H](C/C(=N/NC(N)=O)c2ccccc2)CCC[C@H]1C[C@H](O)c1ccccc1. The van der Waals surface area contributed by atoms with E-state index in [2.05, 4.69) is 17.6 Å². The van der Waals surface area contributed by atoms with Crippen molar-refractivity contribution >= 4 is 11.7 Å². The third kappa shape index (κ3) is 5.89. The first-order chi connectivity index (χ1) is 14.0. The Balaban J connectivity index is 1.70. The number of hydrogen-bond donors (Lipinski definition) is 4. The summed E-state index contributed by atoms with van der Waals surface area (Å²) in [5.74, 6) is 0. The highest BCUT2D eigenvalue weighted by molar-refractivity contribution is 6.01. The van der Waals surface area contributed by atoms with E-state index in [0.29, 0.717) is 12.1 Å². The van der Waals surface area contributed by atoms with E-state index in [4.69, 9.17) is 5.73 Å². The minimum absolute atomic E-state index is 0.366. The average Bonchev–Trinajstić information content (AvgIpc) is 2.74. The number of aliphatic hydroxyl groups is 1. The number of hydrazone groups is 1. The fraction of sp³-hybridized carbons (Fsp3) is 0.391. The van der Waals surface area contributed by atoms with Gasteiger partial charge in [-0.25, -0.2) is 10.2 Å². The van der Waals surface area contributed by atoms with E-state index in [1.807, 2.05) is 60.7 Å². The number of nitrogens with one attached hydrogen (secondary N) is 2. The number of piperidine rings is 1. The number of carbonyl (C=O) groups is 1. The van der Waals surface area contributed by atoms with Crippen molar-refractivity contribution in [2.24, 2.45) is 10.8 Å². The Bertz CT molecular complexity index is 810. The van der Waals surface area contributed by atoms with Crippen LogP contribution in [0.15, 0.2) is 65.8 Å². The zero-order valence-corrected chi connectivity index (χ0v) is 16.9. The Morgan fingerprint density at radius 2 is 1.76 bits per heavy atom. The minimum atomic E-state index is -0.661. The molecule has 0 saturated carbocycles. The van der Waals surface area contributed by atoms with Crippen LogP contribution >= 0.6 is 0 Å². The zero-order chi connectivity index (χ0) is 20.6. The van der Waals surface area contributed by atoms with Gasteiger partial charge in [0.25, 0.3) is 0 Å². The van der Waals surface area contributed by atoms with Crippen LogP contribution in [0.25, 0.3) is 0 Å². The Kier molecular flexibility index (Phi) is 7.38. The van der Waals surface area contributed by atoms with Gasteiger partial charge in [0.1, 0.15) is 0 Å². The molecular formula is C23H31N4O2+. The van der Waals surface area contributed by atoms with Gasteiger partial charge in [-0.15, -0.1) is 0 Å². The van der Waals surface area contributed by atoms with E-state index in [-0.39, 0.29) is 0 Å². The second-order valence-corrected chi connectivity index (χ2v) is 7.84. The molecule has 6 heteroatoms. The van der Waals surface area contributed by atoms with Gasteiger partial charge in [-0.1, -0.05) is 60.7 Å². The maximum atomic E-state index is 11.2. The molecule has 1 aliphatic rings.